The summed E-state index contributed by atoms with van der Waals surface area (Å²) in [5.41, 5.74) is 1.25. The highest BCUT2D eigenvalue weighted by molar-refractivity contribution is 8.44. The molecule has 21 nitrogen and oxygen atoms in total. The topological polar surface area (TPSA) is 238 Å². The van der Waals surface area contributed by atoms with Gasteiger partial charge in [-0.2, -0.15) is 0 Å². The van der Waals surface area contributed by atoms with Crippen LogP contribution in [0.25, 0.3) is 16.8 Å². The van der Waals surface area contributed by atoms with Crippen molar-refractivity contribution in [1.29, 1.82) is 0 Å². The molecule has 3 aromatic heterocycles. The van der Waals surface area contributed by atoms with Gasteiger partial charge in [0.2, 0.25) is 6.29 Å². The molecule has 3 aromatic rings. The second kappa shape index (κ2) is 11.1. The molecule has 24 heteroatoms. The largest absolute Gasteiger partial charge is 0.472 e. The number of hydrogen-bond acceptors (Lipinski definition) is 17. The van der Waals surface area contributed by atoms with E-state index in [2.05, 4.69) is 42.5 Å². The maximum Gasteiger partial charge on any atom is 0.472 e. The predicted molar refractivity (Wildman–Crippen MR) is 162 cm³/mol. The van der Waals surface area contributed by atoms with Crippen LogP contribution < -0.4 is 5.32 Å². The summed E-state index contributed by atoms with van der Waals surface area (Å²) in [5, 5.41) is 14.3. The van der Waals surface area contributed by atoms with E-state index in [1.54, 1.807) is 34.1 Å². The van der Waals surface area contributed by atoms with E-state index < -0.39 is 83.1 Å². The summed E-state index contributed by atoms with van der Waals surface area (Å²) in [6.07, 6.45) is 1.70. The predicted octanol–water partition coefficient (Wildman–Crippen LogP) is -0.281. The molecule has 9 heterocycles. The zero-order valence-electron chi connectivity index (χ0n) is 24.3. The molecule has 1 amide bonds. The number of phosphoric acid groups is 1. The number of nitrogens with one attached hydrogen (secondary N) is 1. The van der Waals surface area contributed by atoms with Gasteiger partial charge in [-0.1, -0.05) is 12.2 Å². The van der Waals surface area contributed by atoms with E-state index >= 15 is 0 Å². The van der Waals surface area contributed by atoms with Gasteiger partial charge in [-0.3, -0.25) is 46.6 Å². The minimum Gasteiger partial charge on any atom is -0.386 e. The van der Waals surface area contributed by atoms with E-state index in [9.17, 15) is 23.9 Å². The van der Waals surface area contributed by atoms with Crippen molar-refractivity contribution in [3.05, 3.63) is 37.4 Å². The number of fused-ring (bicyclic) bond motifs is 7. The zero-order chi connectivity index (χ0) is 32.9. The number of aliphatic hydroxyl groups excluding tert-OH is 1. The van der Waals surface area contributed by atoms with E-state index in [1.165, 1.54) is 28.5 Å². The summed E-state index contributed by atoms with van der Waals surface area (Å²) >= 11 is 4.16. The number of amides is 1. The van der Waals surface area contributed by atoms with Crippen molar-refractivity contribution in [2.75, 3.05) is 13.2 Å². The highest BCUT2D eigenvalue weighted by atomic mass is 32.7. The maximum atomic E-state index is 13.5. The van der Waals surface area contributed by atoms with Gasteiger partial charge in [0.15, 0.2) is 29.1 Å². The van der Waals surface area contributed by atoms with E-state index in [-0.39, 0.29) is 12.3 Å². The smallest absolute Gasteiger partial charge is 0.386 e. The number of imidazole rings is 2. The quantitative estimate of drug-likeness (QED) is 0.196. The lowest BCUT2D eigenvalue weighted by Gasteiger charge is -2.32. The molecule has 6 aliphatic heterocycles. The molecule has 3 fully saturated rings. The number of aromatic nitrogens is 5. The molecular formula is C24H26N10O11P2S. The molecule has 0 aromatic carbocycles. The first-order valence-corrected chi connectivity index (χ1v) is 18.8. The first-order chi connectivity index (χ1) is 23.1. The summed E-state index contributed by atoms with van der Waals surface area (Å²) in [4.78, 5) is 48.6. The molecular weight excluding hydrogens is 698 g/mol. The maximum absolute atomic E-state index is 13.5. The molecule has 3 saturated heterocycles. The zero-order valence-corrected chi connectivity index (χ0v) is 27.0. The molecule has 0 saturated carbocycles. The van der Waals surface area contributed by atoms with Crippen LogP contribution in [0.4, 0.5) is 0 Å². The number of nitrogens with zero attached hydrogens (tertiary/aromatic N) is 9. The number of ether oxygens (including phenoxy) is 2. The van der Waals surface area contributed by atoms with Gasteiger partial charge in [0, 0.05) is 31.2 Å². The van der Waals surface area contributed by atoms with Gasteiger partial charge < -0.3 is 24.8 Å². The molecule has 11 atom stereocenters. The fourth-order valence-corrected chi connectivity index (χ4v) is 8.96. The number of hydrogen-bond donors (Lipinski definition) is 4. The lowest BCUT2D eigenvalue weighted by molar-refractivity contribution is -0.130. The van der Waals surface area contributed by atoms with Gasteiger partial charge in [0.1, 0.15) is 48.9 Å². The number of carbonyl (C=O) groups excluding carboxylic acids is 1. The Morgan fingerprint density at radius 3 is 2.73 bits per heavy atom. The van der Waals surface area contributed by atoms with Crippen LogP contribution in [0.5, 0.6) is 0 Å². The van der Waals surface area contributed by atoms with Crippen molar-refractivity contribution in [1.82, 2.24) is 39.0 Å². The third-order valence-corrected chi connectivity index (χ3v) is 11.3. The van der Waals surface area contributed by atoms with Gasteiger partial charge in [-0.25, -0.2) is 29.1 Å². The number of phosphoric ester groups is 1. The first kappa shape index (κ1) is 30.8. The summed E-state index contributed by atoms with van der Waals surface area (Å²) in [6.45, 7) is -5.24. The Balaban J connectivity index is 0.954. The van der Waals surface area contributed by atoms with Crippen LogP contribution in [-0.2, 0) is 41.5 Å². The van der Waals surface area contributed by atoms with Gasteiger partial charge >= 0.3 is 14.6 Å². The summed E-state index contributed by atoms with van der Waals surface area (Å²) in [7, 11) is -4.89. The monoisotopic (exact) mass is 724 g/mol. The van der Waals surface area contributed by atoms with Crippen LogP contribution in [-0.4, -0.2) is 124 Å². The van der Waals surface area contributed by atoms with Gasteiger partial charge in [0.05, 0.1) is 25.9 Å². The molecule has 3 N–H and O–H groups in total. The lowest BCUT2D eigenvalue weighted by atomic mass is 10.1. The van der Waals surface area contributed by atoms with Crippen LogP contribution in [0.2, 0.25) is 0 Å². The van der Waals surface area contributed by atoms with Crippen molar-refractivity contribution in [2.45, 2.75) is 61.7 Å². The number of aliphatic imine (C=N–C) groups is 2. The number of thiol groups is 1. The number of aliphatic hydroxyl groups is 1. The van der Waals surface area contributed by atoms with E-state index in [1.807, 2.05) is 0 Å². The Labute approximate surface area is 274 Å². The van der Waals surface area contributed by atoms with E-state index in [0.29, 0.717) is 22.6 Å². The fourth-order valence-electron chi connectivity index (χ4n) is 6.47. The van der Waals surface area contributed by atoms with Gasteiger partial charge in [0.25, 0.3) is 5.91 Å². The number of carbonyl (C=O) groups is 1. The molecule has 0 bridgehead atoms. The highest BCUT2D eigenvalue weighted by Gasteiger charge is 2.53. The van der Waals surface area contributed by atoms with Crippen molar-refractivity contribution < 1.29 is 51.5 Å². The minimum atomic E-state index is -4.89. The number of amidine groups is 1. The second-order valence-corrected chi connectivity index (χ2v) is 15.8. The molecule has 4 unspecified atom stereocenters. The van der Waals surface area contributed by atoms with E-state index in [4.69, 9.17) is 27.6 Å². The van der Waals surface area contributed by atoms with Crippen LogP contribution in [0, 0.1) is 0 Å². The fraction of sp³-hybridized carbons (Fsp3) is 0.500. The average molecular weight is 725 g/mol. The normalized spacial score (nSPS) is 41.1. The molecule has 0 radical (unpaired) electrons. The summed E-state index contributed by atoms with van der Waals surface area (Å²) in [5.74, 6) is 0.0384. The third kappa shape index (κ3) is 5.02. The van der Waals surface area contributed by atoms with Crippen LogP contribution in [0.1, 0.15) is 12.6 Å². The SMILES string of the molecule is O=C1C2N=CN([C@H]3C[C@@H]4OP(=O)(S)OC[C@H]5O[C@@H](n6cnc7c6ncn6ccnc76)[C@H](O)[C@@H]5OP(=O)(O)OC[C@H]4O3)C2=NC2NC=CN12. The van der Waals surface area contributed by atoms with Crippen molar-refractivity contribution in [3.8, 4) is 0 Å². The molecule has 9 rings (SSSR count). The Kier molecular flexibility index (Phi) is 7.13. The molecule has 254 valence electrons. The Morgan fingerprint density at radius 1 is 1.00 bits per heavy atom. The first-order valence-electron chi connectivity index (χ1n) is 14.6. The summed E-state index contributed by atoms with van der Waals surface area (Å²) in [6, 6.07) is -0.888. The molecule has 0 spiro atoms. The third-order valence-electron chi connectivity index (χ3n) is 8.69. The van der Waals surface area contributed by atoms with Crippen molar-refractivity contribution >= 4 is 61.8 Å². The minimum absolute atomic E-state index is 0.0401. The second-order valence-electron chi connectivity index (χ2n) is 11.6. The van der Waals surface area contributed by atoms with Gasteiger partial charge in [-0.15, -0.1) is 0 Å². The Hall–Kier alpha value is -3.27. The molecule has 0 aliphatic carbocycles. The number of rotatable bonds is 2. The van der Waals surface area contributed by atoms with Crippen molar-refractivity contribution in [3.63, 3.8) is 0 Å². The van der Waals surface area contributed by atoms with E-state index in [0.717, 1.165) is 0 Å². The standard InChI is InChI=1S/C24H26N10O11P2S/c35-17-18-13(43-23(17)34-10-27-15-19-25-1-3-31(19)8-29-20(15)34)7-41-47(39,48)44-11-5-14(42-12(11)6-40-46(37,38)45-18)33-9-28-16-21(33)30-24-26-2-4-32(24)22(16)36/h1-4,8-14,16-18,23-24,26,35H,5-7H2,(H,37,38)(H,39,48)/t11-,12+,13+,14+,16?,17+,18+,23+,24?,47?/m0/s1. The van der Waals surface area contributed by atoms with Crippen molar-refractivity contribution in [2.24, 2.45) is 9.98 Å². The van der Waals surface area contributed by atoms with Crippen LogP contribution in [0.15, 0.2) is 47.4 Å². The highest BCUT2D eigenvalue weighted by Crippen LogP contribution is 2.57. The van der Waals surface area contributed by atoms with Crippen LogP contribution >= 0.6 is 26.9 Å². The average Bonchev–Trinajstić information content (AvgIpc) is 3.88. The summed E-state index contributed by atoms with van der Waals surface area (Å²) < 4.78 is 64.2. The molecule has 6 aliphatic rings. The van der Waals surface area contributed by atoms with Crippen LogP contribution in [0.3, 0.4) is 0 Å². The Bertz CT molecular complexity index is 2010. The molecule has 48 heavy (non-hydrogen) atoms. The lowest BCUT2D eigenvalue weighted by Crippen LogP contribution is -2.53. The van der Waals surface area contributed by atoms with Gasteiger partial charge in [-0.05, 0) is 0 Å². The Morgan fingerprint density at radius 2 is 1.85 bits per heavy atom.